The van der Waals surface area contributed by atoms with Crippen molar-refractivity contribution in [2.45, 2.75) is 26.8 Å². The molecule has 0 unspecified atom stereocenters. The fourth-order valence-corrected chi connectivity index (χ4v) is 2.18. The molecular formula is C14H18BrN3O. The van der Waals surface area contributed by atoms with Crippen LogP contribution < -0.4 is 4.74 Å². The first-order chi connectivity index (χ1) is 9.19. The topological polar surface area (TPSA) is 39.9 Å². The highest BCUT2D eigenvalue weighted by Crippen LogP contribution is 2.18. The SMILES string of the molecule is Cc1ccc(C)c(OCCn2cc(CCBr)nn2)c1. The summed E-state index contributed by atoms with van der Waals surface area (Å²) < 4.78 is 7.62. The zero-order valence-corrected chi connectivity index (χ0v) is 12.9. The second kappa shape index (κ2) is 6.70. The van der Waals surface area contributed by atoms with Crippen LogP contribution in [0.25, 0.3) is 0 Å². The molecule has 4 nitrogen and oxygen atoms in total. The molecule has 1 aromatic carbocycles. The quantitative estimate of drug-likeness (QED) is 0.767. The zero-order valence-electron chi connectivity index (χ0n) is 11.3. The Morgan fingerprint density at radius 2 is 2.16 bits per heavy atom. The molecule has 0 aliphatic rings. The number of benzene rings is 1. The molecule has 0 radical (unpaired) electrons. The van der Waals surface area contributed by atoms with E-state index in [2.05, 4.69) is 58.3 Å². The number of alkyl halides is 1. The van der Waals surface area contributed by atoms with Gasteiger partial charge in [0, 0.05) is 17.9 Å². The third-order valence-corrected chi connectivity index (χ3v) is 3.25. The molecule has 0 atom stereocenters. The van der Waals surface area contributed by atoms with Crippen LogP contribution in [0.4, 0.5) is 0 Å². The third-order valence-electron chi connectivity index (χ3n) is 2.86. The monoisotopic (exact) mass is 323 g/mol. The van der Waals surface area contributed by atoms with Crippen LogP contribution in [0, 0.1) is 13.8 Å². The normalized spacial score (nSPS) is 10.7. The molecule has 0 aliphatic heterocycles. The van der Waals surface area contributed by atoms with Crippen LogP contribution in [0.3, 0.4) is 0 Å². The fourth-order valence-electron chi connectivity index (χ4n) is 1.77. The van der Waals surface area contributed by atoms with Crippen molar-refractivity contribution >= 4 is 15.9 Å². The molecule has 0 amide bonds. The minimum atomic E-state index is 0.599. The molecule has 1 aromatic heterocycles. The van der Waals surface area contributed by atoms with Gasteiger partial charge in [0.15, 0.2) is 0 Å². The minimum Gasteiger partial charge on any atom is -0.491 e. The van der Waals surface area contributed by atoms with E-state index in [0.29, 0.717) is 13.2 Å². The predicted octanol–water partition coefficient (Wildman–Crippen LogP) is 2.91. The van der Waals surface area contributed by atoms with Gasteiger partial charge in [-0.3, -0.25) is 0 Å². The van der Waals surface area contributed by atoms with Crippen molar-refractivity contribution in [1.82, 2.24) is 15.0 Å². The van der Waals surface area contributed by atoms with E-state index in [0.717, 1.165) is 28.8 Å². The van der Waals surface area contributed by atoms with E-state index in [1.807, 2.05) is 10.9 Å². The second-order valence-corrected chi connectivity index (χ2v) is 5.32. The highest BCUT2D eigenvalue weighted by Gasteiger charge is 2.02. The first kappa shape index (κ1) is 14.1. The van der Waals surface area contributed by atoms with Crippen LogP contribution in [0.2, 0.25) is 0 Å². The van der Waals surface area contributed by atoms with Gasteiger partial charge in [-0.05, 0) is 31.0 Å². The largest absolute Gasteiger partial charge is 0.491 e. The lowest BCUT2D eigenvalue weighted by atomic mass is 10.1. The zero-order chi connectivity index (χ0) is 13.7. The molecule has 1 heterocycles. The Hall–Kier alpha value is -1.36. The first-order valence-electron chi connectivity index (χ1n) is 6.34. The highest BCUT2D eigenvalue weighted by atomic mass is 79.9. The Bertz CT molecular complexity index is 539. The van der Waals surface area contributed by atoms with Crippen LogP contribution in [-0.4, -0.2) is 26.9 Å². The Kier molecular flexibility index (Phi) is 4.96. The molecule has 102 valence electrons. The fraction of sp³-hybridized carbons (Fsp3) is 0.429. The summed E-state index contributed by atoms with van der Waals surface area (Å²) in [5.41, 5.74) is 3.37. The Labute approximate surface area is 121 Å². The van der Waals surface area contributed by atoms with Crippen molar-refractivity contribution in [3.8, 4) is 5.75 Å². The number of hydrogen-bond acceptors (Lipinski definition) is 3. The molecule has 0 spiro atoms. The van der Waals surface area contributed by atoms with E-state index in [4.69, 9.17) is 4.74 Å². The van der Waals surface area contributed by atoms with E-state index in [-0.39, 0.29) is 0 Å². The number of ether oxygens (including phenoxy) is 1. The summed E-state index contributed by atoms with van der Waals surface area (Å²) in [5, 5.41) is 9.07. The van der Waals surface area contributed by atoms with Gasteiger partial charge in [0.05, 0.1) is 12.2 Å². The van der Waals surface area contributed by atoms with Gasteiger partial charge in [0.25, 0.3) is 0 Å². The van der Waals surface area contributed by atoms with Gasteiger partial charge >= 0.3 is 0 Å². The number of halogens is 1. The lowest BCUT2D eigenvalue weighted by molar-refractivity contribution is 0.288. The summed E-state index contributed by atoms with van der Waals surface area (Å²) >= 11 is 3.39. The Morgan fingerprint density at radius 1 is 1.32 bits per heavy atom. The smallest absolute Gasteiger partial charge is 0.122 e. The molecule has 5 heteroatoms. The van der Waals surface area contributed by atoms with Crippen LogP contribution in [0.15, 0.2) is 24.4 Å². The molecule has 0 N–H and O–H groups in total. The van der Waals surface area contributed by atoms with Gasteiger partial charge in [-0.25, -0.2) is 4.68 Å². The first-order valence-corrected chi connectivity index (χ1v) is 7.46. The van der Waals surface area contributed by atoms with Gasteiger partial charge < -0.3 is 4.74 Å². The van der Waals surface area contributed by atoms with Crippen molar-refractivity contribution in [3.05, 3.63) is 41.2 Å². The van der Waals surface area contributed by atoms with Gasteiger partial charge in [0.2, 0.25) is 0 Å². The summed E-state index contributed by atoms with van der Waals surface area (Å²) in [7, 11) is 0. The van der Waals surface area contributed by atoms with Crippen molar-refractivity contribution in [3.63, 3.8) is 0 Å². The maximum atomic E-state index is 5.79. The van der Waals surface area contributed by atoms with Crippen molar-refractivity contribution in [1.29, 1.82) is 0 Å². The van der Waals surface area contributed by atoms with Crippen molar-refractivity contribution in [2.75, 3.05) is 11.9 Å². The maximum Gasteiger partial charge on any atom is 0.122 e. The Morgan fingerprint density at radius 3 is 2.95 bits per heavy atom. The number of hydrogen-bond donors (Lipinski definition) is 0. The summed E-state index contributed by atoms with van der Waals surface area (Å²) in [5.74, 6) is 0.945. The summed E-state index contributed by atoms with van der Waals surface area (Å²) in [6, 6.07) is 6.23. The summed E-state index contributed by atoms with van der Waals surface area (Å²) in [4.78, 5) is 0. The lowest BCUT2D eigenvalue weighted by Crippen LogP contribution is -2.09. The molecule has 2 rings (SSSR count). The maximum absolute atomic E-state index is 5.79. The van der Waals surface area contributed by atoms with Crippen molar-refractivity contribution < 1.29 is 4.74 Å². The molecule has 0 fully saturated rings. The van der Waals surface area contributed by atoms with E-state index < -0.39 is 0 Å². The number of aromatic nitrogens is 3. The standard InChI is InChI=1S/C14H18BrN3O/c1-11-3-4-12(2)14(9-11)19-8-7-18-10-13(5-6-15)16-17-18/h3-4,9-10H,5-8H2,1-2H3. The molecule has 0 saturated carbocycles. The number of aryl methyl sites for hydroxylation is 3. The summed E-state index contributed by atoms with van der Waals surface area (Å²) in [6.07, 6.45) is 2.87. The van der Waals surface area contributed by atoms with Gasteiger partial charge in [0.1, 0.15) is 12.4 Å². The predicted molar refractivity (Wildman–Crippen MR) is 78.9 cm³/mol. The van der Waals surface area contributed by atoms with Gasteiger partial charge in [-0.2, -0.15) is 0 Å². The van der Waals surface area contributed by atoms with Crippen LogP contribution in [0.5, 0.6) is 5.75 Å². The average Bonchev–Trinajstić information content (AvgIpc) is 2.82. The number of rotatable bonds is 6. The Balaban J connectivity index is 1.87. The van der Waals surface area contributed by atoms with Crippen LogP contribution >= 0.6 is 15.9 Å². The second-order valence-electron chi connectivity index (χ2n) is 4.53. The summed E-state index contributed by atoms with van der Waals surface area (Å²) in [6.45, 7) is 5.43. The van der Waals surface area contributed by atoms with Crippen LogP contribution in [0.1, 0.15) is 16.8 Å². The van der Waals surface area contributed by atoms with Crippen molar-refractivity contribution in [2.24, 2.45) is 0 Å². The molecule has 2 aromatic rings. The van der Waals surface area contributed by atoms with E-state index in [1.165, 1.54) is 5.56 Å². The average molecular weight is 324 g/mol. The molecule has 0 aliphatic carbocycles. The minimum absolute atomic E-state index is 0.599. The van der Waals surface area contributed by atoms with E-state index in [9.17, 15) is 0 Å². The molecule has 0 bridgehead atoms. The van der Waals surface area contributed by atoms with E-state index >= 15 is 0 Å². The van der Waals surface area contributed by atoms with Crippen LogP contribution in [-0.2, 0) is 13.0 Å². The lowest BCUT2D eigenvalue weighted by Gasteiger charge is -2.09. The van der Waals surface area contributed by atoms with Gasteiger partial charge in [-0.1, -0.05) is 33.3 Å². The highest BCUT2D eigenvalue weighted by molar-refractivity contribution is 9.09. The van der Waals surface area contributed by atoms with E-state index in [1.54, 1.807) is 0 Å². The van der Waals surface area contributed by atoms with Gasteiger partial charge in [-0.15, -0.1) is 5.10 Å². The molecular weight excluding hydrogens is 306 g/mol. The molecule has 19 heavy (non-hydrogen) atoms. The molecule has 0 saturated heterocycles. The number of nitrogens with zero attached hydrogens (tertiary/aromatic N) is 3. The third kappa shape index (κ3) is 4.06.